The van der Waals surface area contributed by atoms with Crippen molar-refractivity contribution >= 4 is 38.4 Å². The molecule has 0 fully saturated rings. The van der Waals surface area contributed by atoms with Gasteiger partial charge in [-0.25, -0.2) is 11.6 Å². The van der Waals surface area contributed by atoms with Crippen LogP contribution in [0.2, 0.25) is 0 Å². The van der Waals surface area contributed by atoms with Crippen LogP contribution in [0.25, 0.3) is 0 Å². The topological polar surface area (TPSA) is 0 Å². The SMILES string of the molecule is CCSBI. The minimum Gasteiger partial charge on any atom is -0.200 e. The summed E-state index contributed by atoms with van der Waals surface area (Å²) in [7, 11) is 0. The van der Waals surface area contributed by atoms with E-state index in [0.29, 0.717) is 0 Å². The van der Waals surface area contributed by atoms with Crippen LogP contribution in [0, 0.1) is 0 Å². The van der Waals surface area contributed by atoms with Crippen molar-refractivity contribution in [2.75, 3.05) is 5.75 Å². The van der Waals surface area contributed by atoms with E-state index in [4.69, 9.17) is 0 Å². The molecule has 5 heavy (non-hydrogen) atoms. The van der Waals surface area contributed by atoms with Gasteiger partial charge >= 0.3 is 0 Å². The predicted molar refractivity (Wildman–Crippen MR) is 39.3 cm³/mol. The first kappa shape index (κ1) is 6.14. The largest absolute Gasteiger partial charge is 0.264 e. The van der Waals surface area contributed by atoms with Crippen molar-refractivity contribution in [1.29, 1.82) is 0 Å². The first-order chi connectivity index (χ1) is 2.41. The summed E-state index contributed by atoms with van der Waals surface area (Å²) < 4.78 is 1.23. The van der Waals surface area contributed by atoms with Gasteiger partial charge in [0.1, 0.15) is 0 Å². The molecule has 0 amide bonds. The molecule has 0 bridgehead atoms. The molecule has 0 aromatic rings. The van der Waals surface area contributed by atoms with Gasteiger partial charge in [-0.2, -0.15) is 0 Å². The molecule has 0 aromatic heterocycles. The summed E-state index contributed by atoms with van der Waals surface area (Å²) in [6.07, 6.45) is 0. The molecule has 0 atom stereocenters. The maximum Gasteiger partial charge on any atom is 0.264 e. The maximum absolute atomic E-state index is 2.35. The molecule has 0 rings (SSSR count). The molecule has 0 aliphatic heterocycles. The van der Waals surface area contributed by atoms with Gasteiger partial charge in [0, 0.05) is 0 Å². The third-order valence-electron chi connectivity index (χ3n) is 0.281. The number of rotatable bonds is 2. The van der Waals surface area contributed by atoms with E-state index in [2.05, 4.69) is 29.3 Å². The van der Waals surface area contributed by atoms with Crippen LogP contribution in [0.4, 0.5) is 0 Å². The Morgan fingerprint density at radius 3 is 2.60 bits per heavy atom. The van der Waals surface area contributed by atoms with Gasteiger partial charge in [0.05, 0.1) is 0 Å². The van der Waals surface area contributed by atoms with Crippen molar-refractivity contribution in [3.8, 4) is 0 Å². The molecule has 0 aliphatic carbocycles. The molecular weight excluding hydrogens is 194 g/mol. The third-order valence-corrected chi connectivity index (χ3v) is 2.17. The summed E-state index contributed by atoms with van der Waals surface area (Å²) in [5.41, 5.74) is 0. The normalized spacial score (nSPS) is 7.60. The zero-order valence-corrected chi connectivity index (χ0v) is 6.17. The summed E-state index contributed by atoms with van der Waals surface area (Å²) in [6, 6.07) is 0. The average molecular weight is 200 g/mol. The lowest BCUT2D eigenvalue weighted by Gasteiger charge is -1.77. The van der Waals surface area contributed by atoms with E-state index in [1.807, 2.05) is 11.6 Å². The minimum absolute atomic E-state index is 1.23. The standard InChI is InChI=1S/C2H6BIS/c1-2-5-3-4/h3H,2H2,1H3. The van der Waals surface area contributed by atoms with Crippen LogP contribution in [0.3, 0.4) is 0 Å². The van der Waals surface area contributed by atoms with Gasteiger partial charge in [0.2, 0.25) is 0 Å². The number of hydrogen-bond donors (Lipinski definition) is 0. The van der Waals surface area contributed by atoms with Gasteiger partial charge in [-0.05, 0) is 5.75 Å². The Kier molecular flexibility index (Phi) is 6.32. The van der Waals surface area contributed by atoms with Gasteiger partial charge in [-0.15, -0.1) is 22.4 Å². The van der Waals surface area contributed by atoms with Gasteiger partial charge in [0.15, 0.2) is 0 Å². The fourth-order valence-electron chi connectivity index (χ4n) is 0.0772. The quantitative estimate of drug-likeness (QED) is 0.479. The lowest BCUT2D eigenvalue weighted by atomic mass is 10.8. The van der Waals surface area contributed by atoms with Crippen LogP contribution >= 0.6 is 34.0 Å². The Morgan fingerprint density at radius 1 is 2.00 bits per heavy atom. The maximum atomic E-state index is 2.35. The molecule has 0 N–H and O–H groups in total. The van der Waals surface area contributed by atoms with E-state index in [0.717, 1.165) is 0 Å². The second kappa shape index (κ2) is 5.14. The van der Waals surface area contributed by atoms with Gasteiger partial charge < -0.3 is 0 Å². The molecule has 0 unspecified atom stereocenters. The molecule has 0 heterocycles. The van der Waals surface area contributed by atoms with Crippen LogP contribution in [0.5, 0.6) is 0 Å². The minimum atomic E-state index is 1.23. The van der Waals surface area contributed by atoms with Crippen LogP contribution in [0.1, 0.15) is 6.92 Å². The summed E-state index contributed by atoms with van der Waals surface area (Å²) in [5.74, 6) is 1.25. The third kappa shape index (κ3) is 5.14. The van der Waals surface area contributed by atoms with E-state index in [9.17, 15) is 0 Å². The molecule has 0 saturated carbocycles. The van der Waals surface area contributed by atoms with Crippen molar-refractivity contribution in [1.82, 2.24) is 0 Å². The van der Waals surface area contributed by atoms with Gasteiger partial charge in [-0.3, -0.25) is 0 Å². The average Bonchev–Trinajstić information content (AvgIpc) is 1.41. The highest BCUT2D eigenvalue weighted by Crippen LogP contribution is 1.97. The van der Waals surface area contributed by atoms with Gasteiger partial charge in [0.25, 0.3) is 4.41 Å². The Labute approximate surface area is 51.1 Å². The Hall–Kier alpha value is 1.14. The Balaban J connectivity index is 2.19. The number of halogens is 1. The molecule has 3 heteroatoms. The Bertz CT molecular complexity index is 17.1. The smallest absolute Gasteiger partial charge is 0.200 e. The molecule has 0 spiro atoms. The monoisotopic (exact) mass is 200 g/mol. The van der Waals surface area contributed by atoms with E-state index >= 15 is 0 Å². The zero-order chi connectivity index (χ0) is 4.12. The highest BCUT2D eigenvalue weighted by atomic mass is 127. The van der Waals surface area contributed by atoms with E-state index in [-0.39, 0.29) is 0 Å². The highest BCUT2D eigenvalue weighted by molar-refractivity contribution is 14.1. The molecule has 0 aromatic carbocycles. The second-order valence-corrected chi connectivity index (χ2v) is 3.67. The zero-order valence-electron chi connectivity index (χ0n) is 3.20. The predicted octanol–water partition coefficient (Wildman–Crippen LogP) is 1.44. The molecule has 0 radical (unpaired) electrons. The second-order valence-electron chi connectivity index (χ2n) is 0.602. The van der Waals surface area contributed by atoms with Crippen LogP contribution < -0.4 is 0 Å². The van der Waals surface area contributed by atoms with E-state index < -0.39 is 0 Å². The van der Waals surface area contributed by atoms with Crippen molar-refractivity contribution in [3.63, 3.8) is 0 Å². The first-order valence-corrected chi connectivity index (χ1v) is 4.23. The van der Waals surface area contributed by atoms with Crippen molar-refractivity contribution in [2.45, 2.75) is 6.92 Å². The molecule has 30 valence electrons. The summed E-state index contributed by atoms with van der Waals surface area (Å²) >= 11 is 4.30. The van der Waals surface area contributed by atoms with Crippen molar-refractivity contribution in [3.05, 3.63) is 0 Å². The Morgan fingerprint density at radius 2 is 2.60 bits per heavy atom. The van der Waals surface area contributed by atoms with Crippen LogP contribution in [0.15, 0.2) is 0 Å². The fraction of sp³-hybridized carbons (Fsp3) is 1.00. The van der Waals surface area contributed by atoms with Crippen molar-refractivity contribution < 1.29 is 0 Å². The van der Waals surface area contributed by atoms with E-state index in [1.54, 1.807) is 0 Å². The summed E-state index contributed by atoms with van der Waals surface area (Å²) in [4.78, 5) is 0. The lowest BCUT2D eigenvalue weighted by molar-refractivity contribution is 1.54. The van der Waals surface area contributed by atoms with Crippen molar-refractivity contribution in [2.24, 2.45) is 0 Å². The van der Waals surface area contributed by atoms with Gasteiger partial charge in [-0.1, -0.05) is 6.92 Å². The first-order valence-electron chi connectivity index (χ1n) is 1.55. The molecule has 0 aliphatic rings. The molecule has 0 nitrogen and oxygen atoms in total. The van der Waals surface area contributed by atoms with E-state index in [1.165, 1.54) is 10.2 Å². The van der Waals surface area contributed by atoms with Crippen LogP contribution in [-0.4, -0.2) is 10.2 Å². The highest BCUT2D eigenvalue weighted by Gasteiger charge is 1.73. The van der Waals surface area contributed by atoms with Crippen LogP contribution in [-0.2, 0) is 0 Å². The fourth-order valence-corrected chi connectivity index (χ4v) is 1.55. The lowest BCUT2D eigenvalue weighted by Crippen LogP contribution is -1.64. The summed E-state index contributed by atoms with van der Waals surface area (Å²) in [6.45, 7) is 2.17. The molecule has 0 saturated heterocycles. The summed E-state index contributed by atoms with van der Waals surface area (Å²) in [5, 5.41) is 0. The molecular formula is C2H6BIS. The number of hydrogen-bond acceptors (Lipinski definition) is 1.